The number of carbonyl (C=O) groups excluding carboxylic acids is 1. The lowest BCUT2D eigenvalue weighted by Gasteiger charge is -2.31. The topological polar surface area (TPSA) is 125 Å². The van der Waals surface area contributed by atoms with Gasteiger partial charge in [-0.2, -0.15) is 0 Å². The Kier molecular flexibility index (Phi) is 4.87. The first-order valence-electron chi connectivity index (χ1n) is 5.49. The van der Waals surface area contributed by atoms with Crippen molar-refractivity contribution in [2.45, 2.75) is 24.8 Å². The number of amides is 1. The van der Waals surface area contributed by atoms with Gasteiger partial charge in [0.25, 0.3) is 0 Å². The molecule has 17 heavy (non-hydrogen) atoms. The van der Waals surface area contributed by atoms with Gasteiger partial charge in [-0.25, -0.2) is 13.6 Å². The molecule has 0 saturated carbocycles. The highest BCUT2D eigenvalue weighted by molar-refractivity contribution is 7.89. The number of rotatable bonds is 5. The van der Waals surface area contributed by atoms with Crippen LogP contribution >= 0.6 is 0 Å². The summed E-state index contributed by atoms with van der Waals surface area (Å²) in [5.74, 6) is -0.399. The van der Waals surface area contributed by atoms with Crippen molar-refractivity contribution < 1.29 is 17.9 Å². The van der Waals surface area contributed by atoms with Crippen LogP contribution in [0, 0.1) is 0 Å². The maximum absolute atomic E-state index is 11.8. The second-order valence-corrected chi connectivity index (χ2v) is 5.98. The van der Waals surface area contributed by atoms with Crippen LogP contribution in [0.15, 0.2) is 0 Å². The van der Waals surface area contributed by atoms with Crippen molar-refractivity contribution in [3.63, 3.8) is 0 Å². The molecule has 0 aromatic carbocycles. The van der Waals surface area contributed by atoms with Crippen molar-refractivity contribution in [3.05, 3.63) is 0 Å². The van der Waals surface area contributed by atoms with Gasteiger partial charge in [-0.15, -0.1) is 0 Å². The molecule has 1 amide bonds. The molecule has 1 rings (SSSR count). The maximum Gasteiger partial charge on any atom is 0.240 e. The Labute approximate surface area is 101 Å². The van der Waals surface area contributed by atoms with E-state index in [0.29, 0.717) is 26.1 Å². The molecule has 1 aliphatic rings. The second-order valence-electron chi connectivity index (χ2n) is 4.24. The fourth-order valence-corrected chi connectivity index (χ4v) is 2.16. The van der Waals surface area contributed by atoms with Crippen LogP contribution in [-0.4, -0.2) is 45.4 Å². The number of nitrogens with two attached hydrogens (primary N) is 2. The van der Waals surface area contributed by atoms with Crippen LogP contribution in [0.2, 0.25) is 0 Å². The van der Waals surface area contributed by atoms with Crippen LogP contribution in [0.1, 0.15) is 19.3 Å². The summed E-state index contributed by atoms with van der Waals surface area (Å²) in [7, 11) is -3.46. The van der Waals surface area contributed by atoms with E-state index >= 15 is 0 Å². The first-order chi connectivity index (χ1) is 7.83. The fourth-order valence-electron chi connectivity index (χ4n) is 1.61. The average molecular weight is 265 g/mol. The third-order valence-electron chi connectivity index (χ3n) is 2.73. The van der Waals surface area contributed by atoms with Crippen LogP contribution in [-0.2, 0) is 19.6 Å². The van der Waals surface area contributed by atoms with E-state index in [1.54, 1.807) is 0 Å². The molecule has 0 aromatic rings. The van der Waals surface area contributed by atoms with Crippen LogP contribution < -0.4 is 16.2 Å². The summed E-state index contributed by atoms with van der Waals surface area (Å²) in [6.45, 7) is 1.21. The smallest absolute Gasteiger partial charge is 0.240 e. The van der Waals surface area contributed by atoms with Crippen molar-refractivity contribution in [1.82, 2.24) is 5.32 Å². The van der Waals surface area contributed by atoms with E-state index in [0.717, 1.165) is 0 Å². The lowest BCUT2D eigenvalue weighted by Crippen LogP contribution is -2.57. The van der Waals surface area contributed by atoms with E-state index in [2.05, 4.69) is 5.32 Å². The van der Waals surface area contributed by atoms with Gasteiger partial charge in [0.15, 0.2) is 0 Å². The molecule has 0 spiro atoms. The summed E-state index contributed by atoms with van der Waals surface area (Å²) in [5, 5.41) is 7.47. The minimum absolute atomic E-state index is 0.145. The number of ether oxygens (including phenoxy) is 1. The van der Waals surface area contributed by atoms with Gasteiger partial charge >= 0.3 is 0 Å². The lowest BCUT2D eigenvalue weighted by atomic mass is 9.90. The van der Waals surface area contributed by atoms with Gasteiger partial charge < -0.3 is 15.8 Å². The van der Waals surface area contributed by atoms with Gasteiger partial charge in [-0.3, -0.25) is 4.79 Å². The molecule has 1 saturated heterocycles. The highest BCUT2D eigenvalue weighted by Gasteiger charge is 2.35. The first-order valence-corrected chi connectivity index (χ1v) is 7.20. The van der Waals surface area contributed by atoms with E-state index < -0.39 is 15.6 Å². The summed E-state index contributed by atoms with van der Waals surface area (Å²) in [6, 6.07) is 0. The Bertz CT molecular complexity index is 362. The summed E-state index contributed by atoms with van der Waals surface area (Å²) in [5.41, 5.74) is 5.05. The monoisotopic (exact) mass is 265 g/mol. The standard InChI is InChI=1S/C9H19N3O4S/c10-9(2-5-16-6-3-9)8(13)12-4-1-7-17(11,14)15/h1-7,10H2,(H,12,13)(H2,11,14,15). The largest absolute Gasteiger partial charge is 0.381 e. The lowest BCUT2D eigenvalue weighted by molar-refractivity contribution is -0.129. The predicted octanol–water partition coefficient (Wildman–Crippen LogP) is -1.71. The van der Waals surface area contributed by atoms with Crippen LogP contribution in [0.25, 0.3) is 0 Å². The van der Waals surface area contributed by atoms with Crippen molar-refractivity contribution in [3.8, 4) is 0 Å². The minimum Gasteiger partial charge on any atom is -0.381 e. The zero-order chi connectivity index (χ0) is 12.9. The van der Waals surface area contributed by atoms with Crippen molar-refractivity contribution in [2.24, 2.45) is 10.9 Å². The number of hydrogen-bond donors (Lipinski definition) is 3. The highest BCUT2D eigenvalue weighted by atomic mass is 32.2. The summed E-state index contributed by atoms with van der Waals surface area (Å²) >= 11 is 0. The van der Waals surface area contributed by atoms with Crippen molar-refractivity contribution in [2.75, 3.05) is 25.5 Å². The van der Waals surface area contributed by atoms with Gasteiger partial charge in [-0.05, 0) is 19.3 Å². The maximum atomic E-state index is 11.8. The Hall–Kier alpha value is -0.700. The molecular weight excluding hydrogens is 246 g/mol. The molecule has 1 aliphatic heterocycles. The number of hydrogen-bond acceptors (Lipinski definition) is 5. The quantitative estimate of drug-likeness (QED) is 0.510. The molecule has 100 valence electrons. The summed E-state index contributed by atoms with van der Waals surface area (Å²) in [6.07, 6.45) is 1.25. The Morgan fingerprint density at radius 1 is 1.35 bits per heavy atom. The molecule has 1 heterocycles. The van der Waals surface area contributed by atoms with Gasteiger partial charge in [0.05, 0.1) is 11.3 Å². The van der Waals surface area contributed by atoms with Crippen molar-refractivity contribution in [1.29, 1.82) is 0 Å². The van der Waals surface area contributed by atoms with Gasteiger partial charge in [0.2, 0.25) is 15.9 Å². The highest BCUT2D eigenvalue weighted by Crippen LogP contribution is 2.17. The third-order valence-corrected chi connectivity index (χ3v) is 3.59. The van der Waals surface area contributed by atoms with E-state index in [-0.39, 0.29) is 24.6 Å². The molecule has 0 aliphatic carbocycles. The molecule has 0 radical (unpaired) electrons. The molecule has 5 N–H and O–H groups in total. The molecule has 7 nitrogen and oxygen atoms in total. The predicted molar refractivity (Wildman–Crippen MR) is 62.6 cm³/mol. The van der Waals surface area contributed by atoms with Crippen molar-refractivity contribution >= 4 is 15.9 Å². The molecule has 0 unspecified atom stereocenters. The molecule has 0 atom stereocenters. The van der Waals surface area contributed by atoms with Crippen LogP contribution in [0.5, 0.6) is 0 Å². The van der Waals surface area contributed by atoms with Crippen LogP contribution in [0.3, 0.4) is 0 Å². The Balaban J connectivity index is 2.29. The molecule has 0 bridgehead atoms. The van der Waals surface area contributed by atoms with E-state index in [1.165, 1.54) is 0 Å². The van der Waals surface area contributed by atoms with Gasteiger partial charge in [0.1, 0.15) is 0 Å². The van der Waals surface area contributed by atoms with E-state index in [1.807, 2.05) is 0 Å². The SMILES string of the molecule is NC1(C(=O)NCCCS(N)(=O)=O)CCOCC1. The first kappa shape index (κ1) is 14.4. The van der Waals surface area contributed by atoms with E-state index in [4.69, 9.17) is 15.6 Å². The zero-order valence-corrected chi connectivity index (χ0v) is 10.5. The fraction of sp³-hybridized carbons (Fsp3) is 0.889. The number of sulfonamides is 1. The van der Waals surface area contributed by atoms with Crippen LogP contribution in [0.4, 0.5) is 0 Å². The molecular formula is C9H19N3O4S. The number of primary sulfonamides is 1. The average Bonchev–Trinajstić information content (AvgIpc) is 2.24. The van der Waals surface area contributed by atoms with Gasteiger partial charge in [-0.1, -0.05) is 0 Å². The molecule has 1 fully saturated rings. The minimum atomic E-state index is -3.46. The normalized spacial score (nSPS) is 19.9. The second kappa shape index (κ2) is 5.76. The number of nitrogens with one attached hydrogen (secondary N) is 1. The zero-order valence-electron chi connectivity index (χ0n) is 9.65. The number of carbonyl (C=O) groups is 1. The Morgan fingerprint density at radius 3 is 2.47 bits per heavy atom. The summed E-state index contributed by atoms with van der Waals surface area (Å²) < 4.78 is 26.5. The third kappa shape index (κ3) is 4.99. The molecule has 8 heteroatoms. The Morgan fingerprint density at radius 2 is 1.94 bits per heavy atom. The van der Waals surface area contributed by atoms with E-state index in [9.17, 15) is 13.2 Å². The summed E-state index contributed by atoms with van der Waals surface area (Å²) in [4.78, 5) is 11.8. The van der Waals surface area contributed by atoms with Gasteiger partial charge in [0, 0.05) is 19.8 Å². The molecule has 0 aromatic heterocycles.